The van der Waals surface area contributed by atoms with Crippen LogP contribution in [0, 0.1) is 0 Å². The average Bonchev–Trinajstić information content (AvgIpc) is 3.23. The molecule has 174 valence electrons. The third kappa shape index (κ3) is 8.75. The number of nitrogens with one attached hydrogen (secondary N) is 4. The first-order valence-corrected chi connectivity index (χ1v) is 10.9. The fraction of sp³-hybridized carbons (Fsp3) is 0.500. The summed E-state index contributed by atoms with van der Waals surface area (Å²) in [4.78, 5) is 61.5. The van der Waals surface area contributed by atoms with Gasteiger partial charge >= 0.3 is 5.97 Å². The van der Waals surface area contributed by atoms with Crippen LogP contribution in [0.4, 0.5) is 5.95 Å². The zero-order chi connectivity index (χ0) is 23.3. The smallest absolute Gasteiger partial charge is 0.325 e. The second kappa shape index (κ2) is 13.1. The van der Waals surface area contributed by atoms with Crippen molar-refractivity contribution in [2.24, 2.45) is 0 Å². The third-order valence-electron chi connectivity index (χ3n) is 3.93. The van der Waals surface area contributed by atoms with E-state index in [-0.39, 0.29) is 44.5 Å². The van der Waals surface area contributed by atoms with Crippen LogP contribution in [0.25, 0.3) is 11.2 Å². The van der Waals surface area contributed by atoms with Gasteiger partial charge in [-0.3, -0.25) is 19.2 Å². The Kier molecular flexibility index (Phi) is 10.2. The summed E-state index contributed by atoms with van der Waals surface area (Å²) >= 11 is 1.49. The number of imidazole rings is 1. The molecule has 13 nitrogen and oxygen atoms in total. The number of anilines is 1. The first-order valence-electron chi connectivity index (χ1n) is 9.94. The lowest BCUT2D eigenvalue weighted by atomic mass is 10.2. The summed E-state index contributed by atoms with van der Waals surface area (Å²) in [6.07, 6.45) is 3.17. The Balaban J connectivity index is 1.54. The molecular weight excluding hydrogens is 440 g/mol. The van der Waals surface area contributed by atoms with Gasteiger partial charge in [0.05, 0.1) is 26.0 Å². The molecule has 0 atom stereocenters. The van der Waals surface area contributed by atoms with Crippen LogP contribution in [0.5, 0.6) is 0 Å². The fourth-order valence-electron chi connectivity index (χ4n) is 2.44. The molecule has 2 rings (SSSR count). The van der Waals surface area contributed by atoms with Crippen molar-refractivity contribution in [3.63, 3.8) is 0 Å². The number of ether oxygens (including phenoxy) is 1. The van der Waals surface area contributed by atoms with E-state index in [1.54, 1.807) is 6.92 Å². The molecule has 0 aliphatic rings. The molecule has 2 aromatic heterocycles. The Labute approximate surface area is 188 Å². The van der Waals surface area contributed by atoms with E-state index in [1.807, 2.05) is 0 Å². The SMILES string of the molecule is CCOC(=O)CNC(=O)CNC(=O)CNC(=O)CCCCSc1nc(N)nc2nc[nH]c12. The second-order valence-electron chi connectivity index (χ2n) is 6.43. The molecule has 0 bridgehead atoms. The minimum absolute atomic E-state index is 0.154. The Morgan fingerprint density at radius 1 is 1.03 bits per heavy atom. The lowest BCUT2D eigenvalue weighted by Crippen LogP contribution is -2.43. The van der Waals surface area contributed by atoms with Crippen molar-refractivity contribution in [2.45, 2.75) is 31.2 Å². The minimum Gasteiger partial charge on any atom is -0.465 e. The molecule has 32 heavy (non-hydrogen) atoms. The zero-order valence-electron chi connectivity index (χ0n) is 17.6. The largest absolute Gasteiger partial charge is 0.465 e. The number of amides is 3. The first-order chi connectivity index (χ1) is 15.4. The number of nitrogens with zero attached hydrogens (tertiary/aromatic N) is 3. The normalized spacial score (nSPS) is 10.5. The predicted molar refractivity (Wildman–Crippen MR) is 116 cm³/mol. The quantitative estimate of drug-likeness (QED) is 0.107. The Bertz CT molecular complexity index is 951. The van der Waals surface area contributed by atoms with Gasteiger partial charge in [0.1, 0.15) is 17.1 Å². The third-order valence-corrected chi connectivity index (χ3v) is 5.00. The summed E-state index contributed by atoms with van der Waals surface area (Å²) in [6.45, 7) is 1.06. The van der Waals surface area contributed by atoms with E-state index in [0.717, 1.165) is 17.7 Å². The number of rotatable bonds is 13. The van der Waals surface area contributed by atoms with Crippen LogP contribution in [-0.4, -0.2) is 75.6 Å². The van der Waals surface area contributed by atoms with Crippen molar-refractivity contribution in [2.75, 3.05) is 37.7 Å². The van der Waals surface area contributed by atoms with Crippen LogP contribution < -0.4 is 21.7 Å². The summed E-state index contributed by atoms with van der Waals surface area (Å²) in [5.74, 6) is -0.994. The van der Waals surface area contributed by atoms with E-state index in [9.17, 15) is 19.2 Å². The van der Waals surface area contributed by atoms with Crippen molar-refractivity contribution < 1.29 is 23.9 Å². The lowest BCUT2D eigenvalue weighted by molar-refractivity contribution is -0.143. The van der Waals surface area contributed by atoms with Gasteiger partial charge in [0.25, 0.3) is 0 Å². The molecule has 2 heterocycles. The molecule has 0 unspecified atom stereocenters. The number of carbonyl (C=O) groups is 4. The monoisotopic (exact) mass is 466 g/mol. The van der Waals surface area contributed by atoms with Crippen molar-refractivity contribution in [1.82, 2.24) is 35.9 Å². The molecule has 0 spiro atoms. The number of aromatic amines is 1. The zero-order valence-corrected chi connectivity index (χ0v) is 18.4. The number of fused-ring (bicyclic) bond motifs is 1. The molecule has 0 aliphatic heterocycles. The minimum atomic E-state index is -0.561. The lowest BCUT2D eigenvalue weighted by Gasteiger charge is -2.08. The van der Waals surface area contributed by atoms with Gasteiger partial charge in [0.2, 0.25) is 23.7 Å². The number of hydrogen-bond donors (Lipinski definition) is 5. The number of H-pyrrole nitrogens is 1. The van der Waals surface area contributed by atoms with Crippen LogP contribution in [0.2, 0.25) is 0 Å². The highest BCUT2D eigenvalue weighted by molar-refractivity contribution is 7.99. The van der Waals surface area contributed by atoms with Crippen LogP contribution in [-0.2, 0) is 23.9 Å². The Morgan fingerprint density at radius 2 is 1.72 bits per heavy atom. The molecule has 0 saturated heterocycles. The standard InChI is InChI=1S/C18H26N8O5S/c1-2-31-14(30)9-22-13(29)8-21-12(28)7-20-11(27)5-3-4-6-32-17-15-16(24-10-23-15)25-18(19)26-17/h10H,2-9H2,1H3,(H,20,27)(H,21,28)(H,22,29)(H3,19,23,24,25,26). The van der Waals surface area contributed by atoms with Crippen molar-refractivity contribution in [3.05, 3.63) is 6.33 Å². The van der Waals surface area contributed by atoms with Crippen LogP contribution in [0.3, 0.4) is 0 Å². The van der Waals surface area contributed by atoms with Crippen LogP contribution in [0.1, 0.15) is 26.2 Å². The first kappa shape index (κ1) is 24.8. The van der Waals surface area contributed by atoms with E-state index < -0.39 is 17.8 Å². The Morgan fingerprint density at radius 3 is 2.44 bits per heavy atom. The number of unbranched alkanes of at least 4 members (excludes halogenated alkanes) is 1. The number of esters is 1. The molecule has 6 N–H and O–H groups in total. The molecule has 0 fully saturated rings. The second-order valence-corrected chi connectivity index (χ2v) is 7.51. The summed E-state index contributed by atoms with van der Waals surface area (Å²) in [7, 11) is 0. The van der Waals surface area contributed by atoms with E-state index in [2.05, 4.69) is 40.6 Å². The van der Waals surface area contributed by atoms with Crippen molar-refractivity contribution in [3.8, 4) is 0 Å². The van der Waals surface area contributed by atoms with Crippen molar-refractivity contribution >= 4 is 52.6 Å². The number of carbonyl (C=O) groups excluding carboxylic acids is 4. The van der Waals surface area contributed by atoms with Crippen LogP contribution in [0.15, 0.2) is 11.4 Å². The highest BCUT2D eigenvalue weighted by Gasteiger charge is 2.11. The molecule has 14 heteroatoms. The number of thioether (sulfide) groups is 1. The van der Waals surface area contributed by atoms with Gasteiger partial charge in [-0.05, 0) is 25.5 Å². The molecule has 0 aromatic carbocycles. The van der Waals surface area contributed by atoms with E-state index in [0.29, 0.717) is 17.1 Å². The molecular formula is C18H26N8O5S. The predicted octanol–water partition coefficient (Wildman–Crippen LogP) is -0.891. The number of nitrogen functional groups attached to an aromatic ring is 1. The summed E-state index contributed by atoms with van der Waals surface area (Å²) in [6, 6.07) is 0. The van der Waals surface area contributed by atoms with Crippen molar-refractivity contribution in [1.29, 1.82) is 0 Å². The molecule has 0 aliphatic carbocycles. The number of nitrogens with two attached hydrogens (primary N) is 1. The molecule has 0 radical (unpaired) electrons. The maximum atomic E-state index is 11.9. The van der Waals surface area contributed by atoms with Gasteiger partial charge in [-0.2, -0.15) is 4.98 Å². The van der Waals surface area contributed by atoms with Gasteiger partial charge in [0, 0.05) is 6.42 Å². The summed E-state index contributed by atoms with van der Waals surface area (Å²) in [5, 5.41) is 7.87. The topological polar surface area (TPSA) is 194 Å². The van der Waals surface area contributed by atoms with E-state index in [1.165, 1.54) is 18.1 Å². The fourth-order valence-corrected chi connectivity index (χ4v) is 3.43. The number of aromatic nitrogens is 4. The highest BCUT2D eigenvalue weighted by atomic mass is 32.2. The molecule has 3 amide bonds. The maximum Gasteiger partial charge on any atom is 0.325 e. The van der Waals surface area contributed by atoms with E-state index >= 15 is 0 Å². The average molecular weight is 467 g/mol. The van der Waals surface area contributed by atoms with Gasteiger partial charge in [-0.1, -0.05) is 0 Å². The van der Waals surface area contributed by atoms with Gasteiger partial charge in [-0.25, -0.2) is 9.97 Å². The number of hydrogen-bond acceptors (Lipinski definition) is 10. The highest BCUT2D eigenvalue weighted by Crippen LogP contribution is 2.24. The maximum absolute atomic E-state index is 11.9. The Hall–Kier alpha value is -3.42. The van der Waals surface area contributed by atoms with E-state index in [4.69, 9.17) is 5.73 Å². The van der Waals surface area contributed by atoms with Crippen LogP contribution >= 0.6 is 11.8 Å². The molecule has 2 aromatic rings. The summed E-state index contributed by atoms with van der Waals surface area (Å²) < 4.78 is 4.67. The molecule has 0 saturated carbocycles. The van der Waals surface area contributed by atoms with Gasteiger partial charge in [-0.15, -0.1) is 11.8 Å². The van der Waals surface area contributed by atoms with Gasteiger partial charge in [0.15, 0.2) is 5.65 Å². The van der Waals surface area contributed by atoms with Gasteiger partial charge < -0.3 is 31.4 Å². The summed E-state index contributed by atoms with van der Waals surface area (Å²) in [5.41, 5.74) is 6.91.